The molecule has 3 aliphatic rings. The van der Waals surface area contributed by atoms with Crippen molar-refractivity contribution in [3.8, 4) is 0 Å². The van der Waals surface area contributed by atoms with Crippen LogP contribution in [0.15, 0.2) is 0 Å². The molecule has 2 atom stereocenters. The summed E-state index contributed by atoms with van der Waals surface area (Å²) in [6.45, 7) is 0. The molecule has 0 heterocycles. The second-order valence-corrected chi connectivity index (χ2v) is 5.40. The lowest BCUT2D eigenvalue weighted by Gasteiger charge is -2.26. The van der Waals surface area contributed by atoms with Gasteiger partial charge >= 0.3 is 0 Å². The Morgan fingerprint density at radius 2 is 0.938 bits per heavy atom. The summed E-state index contributed by atoms with van der Waals surface area (Å²) in [6, 6.07) is 0. The second kappa shape index (κ2) is 5.60. The Balaban J connectivity index is 2.01. The van der Waals surface area contributed by atoms with Crippen molar-refractivity contribution >= 4 is 11.6 Å². The fourth-order valence-electron chi connectivity index (χ4n) is 3.11. The van der Waals surface area contributed by atoms with Gasteiger partial charge in [0.25, 0.3) is 0 Å². The Bertz CT molecular complexity index is 238. The summed E-state index contributed by atoms with van der Waals surface area (Å²) in [6.07, 6.45) is 11.2. The average Bonchev–Trinajstić information content (AvgIpc) is 2.27. The van der Waals surface area contributed by atoms with E-state index in [1.54, 1.807) is 0 Å². The lowest BCUT2D eigenvalue weighted by Crippen LogP contribution is -2.35. The molecule has 2 nitrogen and oxygen atoms in total. The van der Waals surface area contributed by atoms with E-state index < -0.39 is 0 Å². The number of carbonyl (C=O) groups excluding carboxylic acids is 2. The van der Waals surface area contributed by atoms with Crippen LogP contribution in [0.5, 0.6) is 0 Å². The van der Waals surface area contributed by atoms with Crippen LogP contribution < -0.4 is 0 Å². The van der Waals surface area contributed by atoms with Crippen LogP contribution in [0.25, 0.3) is 0 Å². The fraction of sp³-hybridized carbons (Fsp3) is 0.857. The molecular formula is C14H22O2. The van der Waals surface area contributed by atoms with Crippen LogP contribution in [0.1, 0.15) is 64.2 Å². The molecule has 90 valence electrons. The van der Waals surface area contributed by atoms with E-state index in [9.17, 15) is 9.59 Å². The third kappa shape index (κ3) is 2.72. The van der Waals surface area contributed by atoms with Crippen LogP contribution in [0.4, 0.5) is 0 Å². The maximum Gasteiger partial charge on any atom is 0.201 e. The fourth-order valence-corrected chi connectivity index (χ4v) is 3.11. The zero-order valence-corrected chi connectivity index (χ0v) is 10.0. The van der Waals surface area contributed by atoms with Gasteiger partial charge in [-0.1, -0.05) is 38.5 Å². The molecule has 0 aromatic rings. The van der Waals surface area contributed by atoms with Crippen molar-refractivity contribution in [3.05, 3.63) is 0 Å². The zero-order chi connectivity index (χ0) is 11.4. The predicted molar refractivity (Wildman–Crippen MR) is 63.2 cm³/mol. The summed E-state index contributed by atoms with van der Waals surface area (Å²) in [4.78, 5) is 23.7. The summed E-state index contributed by atoms with van der Waals surface area (Å²) in [5.74, 6) is 0.0556. The van der Waals surface area contributed by atoms with Crippen molar-refractivity contribution in [2.75, 3.05) is 0 Å². The first-order valence-corrected chi connectivity index (χ1v) is 6.87. The van der Waals surface area contributed by atoms with Crippen LogP contribution in [-0.2, 0) is 9.59 Å². The van der Waals surface area contributed by atoms with Crippen molar-refractivity contribution in [1.82, 2.24) is 0 Å². The number of Topliss-reactive ketones (excluding diaryl/α,β-unsaturated/α-hetero) is 2. The molecule has 0 aliphatic heterocycles. The van der Waals surface area contributed by atoms with E-state index >= 15 is 0 Å². The first kappa shape index (κ1) is 11.8. The Morgan fingerprint density at radius 3 is 1.38 bits per heavy atom. The van der Waals surface area contributed by atoms with Crippen molar-refractivity contribution < 1.29 is 9.59 Å². The summed E-state index contributed by atoms with van der Waals surface area (Å²) in [5.41, 5.74) is 0. The summed E-state index contributed by atoms with van der Waals surface area (Å²) in [7, 11) is 0. The largest absolute Gasteiger partial charge is 0.291 e. The molecule has 0 amide bonds. The highest BCUT2D eigenvalue weighted by molar-refractivity contribution is 6.39. The molecule has 0 radical (unpaired) electrons. The van der Waals surface area contributed by atoms with E-state index in [0.29, 0.717) is 0 Å². The van der Waals surface area contributed by atoms with Gasteiger partial charge < -0.3 is 0 Å². The van der Waals surface area contributed by atoms with Crippen molar-refractivity contribution in [3.63, 3.8) is 0 Å². The third-order valence-corrected chi connectivity index (χ3v) is 4.20. The quantitative estimate of drug-likeness (QED) is 0.589. The Hall–Kier alpha value is -0.660. The highest BCUT2D eigenvalue weighted by Gasteiger charge is 2.35. The molecule has 3 aliphatic carbocycles. The van der Waals surface area contributed by atoms with Crippen LogP contribution in [0, 0.1) is 11.8 Å². The van der Waals surface area contributed by atoms with Gasteiger partial charge in [0.2, 0.25) is 11.6 Å². The molecule has 0 spiro atoms. The monoisotopic (exact) mass is 222 g/mol. The van der Waals surface area contributed by atoms with Gasteiger partial charge in [0.05, 0.1) is 0 Å². The molecule has 0 N–H and O–H groups in total. The lowest BCUT2D eigenvalue weighted by atomic mass is 9.75. The zero-order valence-electron chi connectivity index (χ0n) is 10.0. The lowest BCUT2D eigenvalue weighted by molar-refractivity contribution is -0.144. The molecule has 2 bridgehead atoms. The topological polar surface area (TPSA) is 34.1 Å². The normalized spacial score (nSPS) is 33.2. The molecule has 0 aromatic carbocycles. The number of fused-ring (bicyclic) bond motifs is 9. The van der Waals surface area contributed by atoms with Gasteiger partial charge in [0.15, 0.2) is 0 Å². The van der Waals surface area contributed by atoms with E-state index in [4.69, 9.17) is 0 Å². The van der Waals surface area contributed by atoms with Gasteiger partial charge in [-0.05, 0) is 25.7 Å². The third-order valence-electron chi connectivity index (χ3n) is 4.20. The van der Waals surface area contributed by atoms with E-state index in [1.165, 1.54) is 25.7 Å². The van der Waals surface area contributed by atoms with Gasteiger partial charge in [0.1, 0.15) is 0 Å². The summed E-state index contributed by atoms with van der Waals surface area (Å²) >= 11 is 0. The first-order valence-electron chi connectivity index (χ1n) is 6.87. The highest BCUT2D eigenvalue weighted by Crippen LogP contribution is 2.31. The van der Waals surface area contributed by atoms with E-state index in [-0.39, 0.29) is 23.4 Å². The molecular weight excluding hydrogens is 200 g/mol. The van der Waals surface area contributed by atoms with Gasteiger partial charge in [-0.15, -0.1) is 0 Å². The average molecular weight is 222 g/mol. The van der Waals surface area contributed by atoms with Crippen LogP contribution in [-0.4, -0.2) is 11.6 Å². The first-order chi connectivity index (χ1) is 7.79. The van der Waals surface area contributed by atoms with E-state index in [1.807, 2.05) is 0 Å². The minimum atomic E-state index is -0.0446. The Morgan fingerprint density at radius 1 is 0.562 bits per heavy atom. The number of hydrogen-bond donors (Lipinski definition) is 0. The number of hydrogen-bond acceptors (Lipinski definition) is 2. The van der Waals surface area contributed by atoms with Gasteiger partial charge in [-0.25, -0.2) is 0 Å². The van der Waals surface area contributed by atoms with E-state index in [2.05, 4.69) is 0 Å². The maximum atomic E-state index is 11.9. The summed E-state index contributed by atoms with van der Waals surface area (Å²) in [5, 5.41) is 0. The summed E-state index contributed by atoms with van der Waals surface area (Å²) < 4.78 is 0. The molecule has 0 aromatic heterocycles. The van der Waals surface area contributed by atoms with Crippen LogP contribution >= 0.6 is 0 Å². The molecule has 3 rings (SSSR count). The van der Waals surface area contributed by atoms with Gasteiger partial charge in [-0.3, -0.25) is 9.59 Å². The van der Waals surface area contributed by atoms with Gasteiger partial charge in [0, 0.05) is 11.8 Å². The molecule has 16 heavy (non-hydrogen) atoms. The molecule has 0 saturated heterocycles. The van der Waals surface area contributed by atoms with Crippen molar-refractivity contribution in [2.45, 2.75) is 64.2 Å². The van der Waals surface area contributed by atoms with Crippen LogP contribution in [0.3, 0.4) is 0 Å². The standard InChI is InChI=1S/C14H22O2/c15-13-11-7-5-3-1-2-4-6-8-12(10-9-11)14(13)16/h11-12H,1-10H2. The molecule has 3 saturated carbocycles. The second-order valence-electron chi connectivity index (χ2n) is 5.40. The number of carbonyl (C=O) groups is 2. The predicted octanol–water partition coefficient (Wildman–Crippen LogP) is 3.29. The van der Waals surface area contributed by atoms with Crippen LogP contribution in [0.2, 0.25) is 0 Å². The van der Waals surface area contributed by atoms with E-state index in [0.717, 1.165) is 38.5 Å². The number of ketones is 2. The minimum Gasteiger partial charge on any atom is -0.291 e. The Labute approximate surface area is 97.8 Å². The molecule has 2 unspecified atom stereocenters. The highest BCUT2D eigenvalue weighted by atomic mass is 16.2. The number of rotatable bonds is 0. The minimum absolute atomic E-state index is 0.0446. The smallest absolute Gasteiger partial charge is 0.201 e. The Kier molecular flexibility index (Phi) is 4.14. The van der Waals surface area contributed by atoms with Crippen molar-refractivity contribution in [2.24, 2.45) is 11.8 Å². The van der Waals surface area contributed by atoms with Crippen molar-refractivity contribution in [1.29, 1.82) is 0 Å². The van der Waals surface area contributed by atoms with Gasteiger partial charge in [-0.2, -0.15) is 0 Å². The molecule has 2 heteroatoms. The SMILES string of the molecule is O=C1C(=O)C2CCCCCCCCC1CC2. The maximum absolute atomic E-state index is 11.9. The molecule has 3 fully saturated rings.